The van der Waals surface area contributed by atoms with Gasteiger partial charge in [-0.1, -0.05) is 6.92 Å². The minimum absolute atomic E-state index is 0.0240. The minimum Gasteiger partial charge on any atom is -0.379 e. The Bertz CT molecular complexity index is 1270. The van der Waals surface area contributed by atoms with Gasteiger partial charge in [-0.3, -0.25) is 9.59 Å². The van der Waals surface area contributed by atoms with Crippen LogP contribution in [0.3, 0.4) is 0 Å². The fourth-order valence-electron chi connectivity index (χ4n) is 4.73. The molecule has 2 aromatic heterocycles. The minimum atomic E-state index is -4.87. The van der Waals surface area contributed by atoms with Crippen molar-refractivity contribution in [3.05, 3.63) is 45.5 Å². The second-order valence-corrected chi connectivity index (χ2v) is 11.0. The third kappa shape index (κ3) is 6.82. The first-order valence-corrected chi connectivity index (χ1v) is 13.5. The number of thioether (sulfide) groups is 1. The van der Waals surface area contributed by atoms with Crippen molar-refractivity contribution in [2.24, 2.45) is 0 Å². The first kappa shape index (κ1) is 30.0. The number of alkyl halides is 6. The van der Waals surface area contributed by atoms with Crippen LogP contribution in [0.15, 0.2) is 23.3 Å². The zero-order valence-electron chi connectivity index (χ0n) is 21.6. The Morgan fingerprint density at radius 2 is 1.98 bits per heavy atom. The summed E-state index contributed by atoms with van der Waals surface area (Å²) in [5.74, 6) is 0.725. The van der Waals surface area contributed by atoms with Crippen molar-refractivity contribution in [2.75, 3.05) is 43.1 Å². The molecule has 0 spiro atoms. The van der Waals surface area contributed by atoms with Crippen LogP contribution in [0.5, 0.6) is 0 Å². The van der Waals surface area contributed by atoms with E-state index in [0.717, 1.165) is 18.5 Å². The number of carbonyl (C=O) groups excluding carboxylic acids is 1. The third-order valence-corrected chi connectivity index (χ3v) is 8.04. The lowest BCUT2D eigenvalue weighted by Crippen LogP contribution is -2.58. The van der Waals surface area contributed by atoms with Crippen molar-refractivity contribution in [3.8, 4) is 0 Å². The van der Waals surface area contributed by atoms with Crippen LogP contribution in [0.1, 0.15) is 37.0 Å². The highest BCUT2D eigenvalue weighted by Gasteiger charge is 2.39. The van der Waals surface area contributed by atoms with Gasteiger partial charge in [-0.2, -0.15) is 43.2 Å². The van der Waals surface area contributed by atoms with Crippen LogP contribution in [0.4, 0.5) is 37.8 Å². The number of hydrogen-bond donors (Lipinski definition) is 2. The molecule has 0 radical (unpaired) electrons. The van der Waals surface area contributed by atoms with Crippen LogP contribution >= 0.6 is 11.8 Å². The van der Waals surface area contributed by atoms with E-state index in [1.54, 1.807) is 16.9 Å². The summed E-state index contributed by atoms with van der Waals surface area (Å²) in [6.07, 6.45) is -7.58. The van der Waals surface area contributed by atoms with Crippen molar-refractivity contribution >= 4 is 29.2 Å². The molecule has 1 saturated heterocycles. The Kier molecular flexibility index (Phi) is 8.87. The standard InChI is InChI=1S/C24H28F6N6O3S/c1-13(33-17-9-32-34-22(38)20(17)24(28,29)30)11-39-6-3-19(37)35-4-5-36-18(10-35)14(2)40-12-15-7-16(23(25,26)27)8-31-21(15)36/h7-9,13-14,18H,3-6,10-12H2,1-2H3,(H2,33,34,38)/t13-,14?,18?/m0/s1. The first-order chi connectivity index (χ1) is 18.8. The number of pyridine rings is 1. The maximum atomic E-state index is 13.2. The van der Waals surface area contributed by atoms with E-state index >= 15 is 0 Å². The summed E-state index contributed by atoms with van der Waals surface area (Å²) in [7, 11) is 0. The van der Waals surface area contributed by atoms with Gasteiger partial charge >= 0.3 is 12.4 Å². The number of rotatable bonds is 7. The van der Waals surface area contributed by atoms with E-state index in [0.29, 0.717) is 36.8 Å². The van der Waals surface area contributed by atoms with Crippen LogP contribution < -0.4 is 15.8 Å². The second-order valence-electron chi connectivity index (χ2n) is 9.68. The number of anilines is 2. The number of ether oxygens (including phenoxy) is 1. The van der Waals surface area contributed by atoms with Gasteiger partial charge in [0.05, 0.1) is 43.1 Å². The number of fused-ring (bicyclic) bond motifs is 3. The molecule has 2 aliphatic heterocycles. The summed E-state index contributed by atoms with van der Waals surface area (Å²) in [6, 6.07) is 0.396. The normalized spacial score (nSPS) is 20.4. The lowest BCUT2D eigenvalue weighted by atomic mass is 10.1. The van der Waals surface area contributed by atoms with Gasteiger partial charge in [0.1, 0.15) is 11.4 Å². The molecule has 0 bridgehead atoms. The molecule has 9 nitrogen and oxygen atoms in total. The Hall–Kier alpha value is -3.01. The van der Waals surface area contributed by atoms with E-state index in [1.807, 2.05) is 11.8 Å². The maximum Gasteiger partial charge on any atom is 0.423 e. The van der Waals surface area contributed by atoms with Crippen molar-refractivity contribution in [3.63, 3.8) is 0 Å². The smallest absolute Gasteiger partial charge is 0.379 e. The van der Waals surface area contributed by atoms with E-state index in [2.05, 4.69) is 15.4 Å². The molecular formula is C24H28F6N6O3S. The fraction of sp³-hybridized carbons (Fsp3) is 0.583. The molecule has 0 aliphatic carbocycles. The maximum absolute atomic E-state index is 13.2. The number of aromatic amines is 1. The summed E-state index contributed by atoms with van der Waals surface area (Å²) >= 11 is 1.51. The molecule has 1 amide bonds. The van der Waals surface area contributed by atoms with Crippen molar-refractivity contribution in [2.45, 2.75) is 55.7 Å². The number of amides is 1. The number of nitrogens with zero attached hydrogens (tertiary/aromatic N) is 4. The highest BCUT2D eigenvalue weighted by Crippen LogP contribution is 2.39. The van der Waals surface area contributed by atoms with Gasteiger partial charge in [0.15, 0.2) is 0 Å². The Balaban J connectivity index is 1.29. The number of halogens is 6. The average molecular weight is 595 g/mol. The molecule has 220 valence electrons. The summed E-state index contributed by atoms with van der Waals surface area (Å²) in [5.41, 5.74) is -3.48. The number of nitrogens with one attached hydrogen (secondary N) is 2. The van der Waals surface area contributed by atoms with Crippen LogP contribution in [-0.4, -0.2) is 76.2 Å². The largest absolute Gasteiger partial charge is 0.423 e. The molecule has 0 saturated carbocycles. The van der Waals surface area contributed by atoms with E-state index in [9.17, 15) is 35.9 Å². The highest BCUT2D eigenvalue weighted by atomic mass is 32.2. The number of H-pyrrole nitrogens is 1. The molecule has 16 heteroatoms. The highest BCUT2D eigenvalue weighted by molar-refractivity contribution is 7.99. The Morgan fingerprint density at radius 3 is 2.67 bits per heavy atom. The zero-order chi connectivity index (χ0) is 29.2. The number of hydrogen-bond acceptors (Lipinski definition) is 8. The van der Waals surface area contributed by atoms with Gasteiger partial charge < -0.3 is 19.9 Å². The molecule has 4 heterocycles. The van der Waals surface area contributed by atoms with Crippen molar-refractivity contribution in [1.29, 1.82) is 0 Å². The van der Waals surface area contributed by atoms with Crippen LogP contribution in [0.2, 0.25) is 0 Å². The lowest BCUT2D eigenvalue weighted by molar-refractivity contribution is -0.138. The van der Waals surface area contributed by atoms with Gasteiger partial charge in [-0.05, 0) is 13.0 Å². The average Bonchev–Trinajstić information content (AvgIpc) is 3.01. The predicted octanol–water partition coefficient (Wildman–Crippen LogP) is 3.76. The molecule has 40 heavy (non-hydrogen) atoms. The molecule has 0 aromatic carbocycles. The van der Waals surface area contributed by atoms with Gasteiger partial charge in [0.2, 0.25) is 5.91 Å². The Morgan fingerprint density at radius 1 is 1.23 bits per heavy atom. The molecule has 1 fully saturated rings. The van der Waals surface area contributed by atoms with E-state index in [4.69, 9.17) is 4.74 Å². The molecule has 2 aromatic rings. The van der Waals surface area contributed by atoms with Gasteiger partial charge in [0.25, 0.3) is 5.56 Å². The molecular weight excluding hydrogens is 566 g/mol. The van der Waals surface area contributed by atoms with Gasteiger partial charge in [-0.15, -0.1) is 0 Å². The quantitative estimate of drug-likeness (QED) is 0.369. The van der Waals surface area contributed by atoms with Crippen LogP contribution in [0.25, 0.3) is 0 Å². The summed E-state index contributed by atoms with van der Waals surface area (Å²) in [6.45, 7) is 4.71. The summed E-state index contributed by atoms with van der Waals surface area (Å²) < 4.78 is 84.7. The topological polar surface area (TPSA) is 103 Å². The summed E-state index contributed by atoms with van der Waals surface area (Å²) in [4.78, 5) is 32.3. The molecule has 4 rings (SSSR count). The SMILES string of the molecule is CC1SCc2cc(C(F)(F)F)cnc2N2CCN(C(=O)CCOC[C@H](C)Nc3cn[nH]c(=O)c3C(F)(F)F)CC12. The number of carbonyl (C=O) groups is 1. The summed E-state index contributed by atoms with van der Waals surface area (Å²) in [5, 5.41) is 7.77. The van der Waals surface area contributed by atoms with Crippen LogP contribution in [0, 0.1) is 0 Å². The molecule has 2 N–H and O–H groups in total. The second kappa shape index (κ2) is 11.8. The number of piperazine rings is 1. The van der Waals surface area contributed by atoms with E-state index in [-0.39, 0.29) is 36.8 Å². The van der Waals surface area contributed by atoms with Crippen LogP contribution in [-0.2, 0) is 27.6 Å². The molecule has 2 aliphatic rings. The van der Waals surface area contributed by atoms with Gasteiger partial charge in [0, 0.05) is 48.4 Å². The molecule has 3 atom stereocenters. The predicted molar refractivity (Wildman–Crippen MR) is 136 cm³/mol. The lowest BCUT2D eigenvalue weighted by Gasteiger charge is -2.43. The van der Waals surface area contributed by atoms with Crippen molar-refractivity contribution < 1.29 is 35.9 Å². The monoisotopic (exact) mass is 594 g/mol. The zero-order valence-corrected chi connectivity index (χ0v) is 22.4. The van der Waals surface area contributed by atoms with Crippen molar-refractivity contribution in [1.82, 2.24) is 20.1 Å². The Labute approximate surface area is 229 Å². The van der Waals surface area contributed by atoms with E-state index in [1.165, 1.54) is 11.8 Å². The molecule has 2 unspecified atom stereocenters. The van der Waals surface area contributed by atoms with E-state index < -0.39 is 40.8 Å². The third-order valence-electron chi connectivity index (χ3n) is 6.73. The fourth-order valence-corrected chi connectivity index (χ4v) is 5.84. The first-order valence-electron chi connectivity index (χ1n) is 12.5. The van der Waals surface area contributed by atoms with Gasteiger partial charge in [-0.25, -0.2) is 10.1 Å². The number of aromatic nitrogens is 3.